The van der Waals surface area contributed by atoms with Gasteiger partial charge in [-0.25, -0.2) is 9.97 Å². The topological polar surface area (TPSA) is 37.8 Å². The second-order valence-electron chi connectivity index (χ2n) is 4.81. The molecule has 100 valence electrons. The Bertz CT molecular complexity index is 746. The SMILES string of the molecule is C=C1C=CC(Nc2ccc3nc(F)ccc3n2)=CC1C. The Kier molecular flexibility index (Phi) is 3.06. The van der Waals surface area contributed by atoms with Crippen LogP contribution < -0.4 is 5.32 Å². The summed E-state index contributed by atoms with van der Waals surface area (Å²) in [7, 11) is 0. The van der Waals surface area contributed by atoms with Crippen molar-refractivity contribution in [1.82, 2.24) is 9.97 Å². The fraction of sp³-hybridized carbons (Fsp3) is 0.125. The second kappa shape index (κ2) is 4.89. The number of halogens is 1. The molecule has 1 aliphatic rings. The Labute approximate surface area is 116 Å². The minimum absolute atomic E-state index is 0.304. The second-order valence-corrected chi connectivity index (χ2v) is 4.81. The summed E-state index contributed by atoms with van der Waals surface area (Å²) in [6, 6.07) is 6.48. The molecule has 0 aromatic carbocycles. The summed E-state index contributed by atoms with van der Waals surface area (Å²) in [5, 5.41) is 3.24. The molecule has 0 spiro atoms. The number of hydrogen-bond acceptors (Lipinski definition) is 3. The molecule has 2 aromatic rings. The Balaban J connectivity index is 1.88. The van der Waals surface area contributed by atoms with E-state index in [4.69, 9.17) is 0 Å². The third kappa shape index (κ3) is 2.45. The van der Waals surface area contributed by atoms with Crippen molar-refractivity contribution in [2.24, 2.45) is 5.92 Å². The smallest absolute Gasteiger partial charge is 0.213 e. The van der Waals surface area contributed by atoms with Gasteiger partial charge < -0.3 is 5.32 Å². The molecule has 0 radical (unpaired) electrons. The van der Waals surface area contributed by atoms with E-state index in [9.17, 15) is 4.39 Å². The van der Waals surface area contributed by atoms with Crippen LogP contribution >= 0.6 is 0 Å². The maximum atomic E-state index is 13.0. The molecule has 2 heterocycles. The number of nitrogens with one attached hydrogen (secondary N) is 1. The fourth-order valence-electron chi connectivity index (χ4n) is 2.07. The minimum atomic E-state index is -0.495. The monoisotopic (exact) mass is 267 g/mol. The number of fused-ring (bicyclic) bond motifs is 1. The van der Waals surface area contributed by atoms with E-state index in [-0.39, 0.29) is 0 Å². The maximum Gasteiger partial charge on any atom is 0.213 e. The van der Waals surface area contributed by atoms with E-state index < -0.39 is 5.95 Å². The van der Waals surface area contributed by atoms with Crippen LogP contribution in [0.1, 0.15) is 6.92 Å². The average Bonchev–Trinajstić information content (AvgIpc) is 2.43. The summed E-state index contributed by atoms with van der Waals surface area (Å²) >= 11 is 0. The van der Waals surface area contributed by atoms with Crippen LogP contribution in [0.25, 0.3) is 11.0 Å². The Morgan fingerprint density at radius 3 is 2.65 bits per heavy atom. The zero-order chi connectivity index (χ0) is 14.1. The number of aromatic nitrogens is 2. The molecule has 1 unspecified atom stereocenters. The first-order valence-electron chi connectivity index (χ1n) is 6.41. The summed E-state index contributed by atoms with van der Waals surface area (Å²) in [6.07, 6.45) is 6.05. The predicted octanol–water partition coefficient (Wildman–Crippen LogP) is 3.83. The standard InChI is InChI=1S/C16H14FN3/c1-10-3-4-12(9-11(10)2)18-16-8-6-13-14(20-16)5-7-15(17)19-13/h3-9,11H,1H2,2H3,(H,18,20). The highest BCUT2D eigenvalue weighted by Gasteiger charge is 2.08. The summed E-state index contributed by atoms with van der Waals surface area (Å²) in [4.78, 5) is 8.21. The molecular weight excluding hydrogens is 253 g/mol. The van der Waals surface area contributed by atoms with Gasteiger partial charge in [-0.2, -0.15) is 4.39 Å². The van der Waals surface area contributed by atoms with Crippen molar-refractivity contribution in [2.75, 3.05) is 5.32 Å². The van der Waals surface area contributed by atoms with Gasteiger partial charge in [0, 0.05) is 11.6 Å². The Morgan fingerprint density at radius 1 is 1.10 bits per heavy atom. The van der Waals surface area contributed by atoms with Crippen LogP contribution in [0.2, 0.25) is 0 Å². The molecule has 0 amide bonds. The highest BCUT2D eigenvalue weighted by atomic mass is 19.1. The largest absolute Gasteiger partial charge is 0.340 e. The number of anilines is 1. The molecule has 20 heavy (non-hydrogen) atoms. The van der Waals surface area contributed by atoms with E-state index in [1.165, 1.54) is 6.07 Å². The maximum absolute atomic E-state index is 13.0. The Hall–Kier alpha value is -2.49. The van der Waals surface area contributed by atoms with E-state index in [1.54, 1.807) is 18.2 Å². The van der Waals surface area contributed by atoms with Crippen molar-refractivity contribution in [3.63, 3.8) is 0 Å². The van der Waals surface area contributed by atoms with E-state index in [0.717, 1.165) is 11.3 Å². The lowest BCUT2D eigenvalue weighted by atomic mass is 9.96. The summed E-state index contributed by atoms with van der Waals surface area (Å²) in [6.45, 7) is 6.06. The zero-order valence-corrected chi connectivity index (χ0v) is 11.1. The van der Waals surface area contributed by atoms with E-state index in [0.29, 0.717) is 22.8 Å². The third-order valence-electron chi connectivity index (χ3n) is 3.27. The van der Waals surface area contributed by atoms with Gasteiger partial charge >= 0.3 is 0 Å². The lowest BCUT2D eigenvalue weighted by Crippen LogP contribution is -2.06. The molecule has 0 saturated carbocycles. The molecule has 0 saturated heterocycles. The van der Waals surface area contributed by atoms with Gasteiger partial charge in [-0.1, -0.05) is 25.7 Å². The number of rotatable bonds is 2. The molecule has 2 aromatic heterocycles. The predicted molar refractivity (Wildman–Crippen MR) is 78.6 cm³/mol. The number of hydrogen-bond donors (Lipinski definition) is 1. The quantitative estimate of drug-likeness (QED) is 0.840. The third-order valence-corrected chi connectivity index (χ3v) is 3.27. The van der Waals surface area contributed by atoms with Gasteiger partial charge in [-0.15, -0.1) is 0 Å². The van der Waals surface area contributed by atoms with E-state index in [1.807, 2.05) is 12.2 Å². The van der Waals surface area contributed by atoms with Gasteiger partial charge in [0.2, 0.25) is 5.95 Å². The molecule has 4 heteroatoms. The van der Waals surface area contributed by atoms with Crippen LogP contribution in [0.15, 0.2) is 60.3 Å². The highest BCUT2D eigenvalue weighted by molar-refractivity contribution is 5.76. The van der Waals surface area contributed by atoms with E-state index >= 15 is 0 Å². The molecule has 0 fully saturated rings. The summed E-state index contributed by atoms with van der Waals surface area (Å²) in [5.41, 5.74) is 3.27. The molecule has 3 nitrogen and oxygen atoms in total. The molecule has 0 bridgehead atoms. The lowest BCUT2D eigenvalue weighted by molar-refractivity contribution is 0.589. The van der Waals surface area contributed by atoms with Crippen molar-refractivity contribution < 1.29 is 4.39 Å². The van der Waals surface area contributed by atoms with Crippen LogP contribution in [-0.2, 0) is 0 Å². The van der Waals surface area contributed by atoms with Crippen LogP contribution in [0, 0.1) is 11.9 Å². The molecule has 3 rings (SSSR count). The van der Waals surface area contributed by atoms with Gasteiger partial charge in [0.15, 0.2) is 0 Å². The Morgan fingerprint density at radius 2 is 1.85 bits per heavy atom. The number of nitrogens with zero attached hydrogens (tertiary/aromatic N) is 2. The summed E-state index contributed by atoms with van der Waals surface area (Å²) in [5.74, 6) is 0.519. The number of allylic oxidation sites excluding steroid dienone is 4. The first kappa shape index (κ1) is 12.5. The molecule has 1 N–H and O–H groups in total. The van der Waals surface area contributed by atoms with E-state index in [2.05, 4.69) is 34.9 Å². The zero-order valence-electron chi connectivity index (χ0n) is 11.1. The molecule has 1 atom stereocenters. The van der Waals surface area contributed by atoms with Gasteiger partial charge in [0.25, 0.3) is 0 Å². The van der Waals surface area contributed by atoms with Gasteiger partial charge in [-0.05, 0) is 35.9 Å². The first-order valence-corrected chi connectivity index (χ1v) is 6.41. The van der Waals surface area contributed by atoms with Crippen LogP contribution in [0.4, 0.5) is 10.2 Å². The number of pyridine rings is 2. The van der Waals surface area contributed by atoms with Crippen molar-refractivity contribution in [1.29, 1.82) is 0 Å². The van der Waals surface area contributed by atoms with Crippen LogP contribution in [0.5, 0.6) is 0 Å². The molecule has 0 aliphatic heterocycles. The van der Waals surface area contributed by atoms with Gasteiger partial charge in [0.1, 0.15) is 5.82 Å². The van der Waals surface area contributed by atoms with Gasteiger partial charge in [0.05, 0.1) is 11.0 Å². The minimum Gasteiger partial charge on any atom is -0.340 e. The van der Waals surface area contributed by atoms with Crippen molar-refractivity contribution in [3.8, 4) is 0 Å². The van der Waals surface area contributed by atoms with Crippen molar-refractivity contribution in [2.45, 2.75) is 6.92 Å². The van der Waals surface area contributed by atoms with Crippen LogP contribution in [-0.4, -0.2) is 9.97 Å². The average molecular weight is 267 g/mol. The van der Waals surface area contributed by atoms with Crippen molar-refractivity contribution in [3.05, 3.63) is 66.3 Å². The van der Waals surface area contributed by atoms with Crippen molar-refractivity contribution >= 4 is 16.9 Å². The normalized spacial score (nSPS) is 18.2. The van der Waals surface area contributed by atoms with Gasteiger partial charge in [-0.3, -0.25) is 0 Å². The lowest BCUT2D eigenvalue weighted by Gasteiger charge is -2.16. The first-order chi connectivity index (χ1) is 9.61. The summed E-state index contributed by atoms with van der Waals surface area (Å²) < 4.78 is 13.0. The van der Waals surface area contributed by atoms with Crippen LogP contribution in [0.3, 0.4) is 0 Å². The molecule has 1 aliphatic carbocycles. The molecular formula is C16H14FN3. The fourth-order valence-corrected chi connectivity index (χ4v) is 2.07. The highest BCUT2D eigenvalue weighted by Crippen LogP contribution is 2.22.